The first-order chi connectivity index (χ1) is 6.33. The van der Waals surface area contributed by atoms with E-state index in [9.17, 15) is 9.90 Å². The Morgan fingerprint density at radius 3 is 2.21 bits per heavy atom. The molecule has 0 amide bonds. The van der Waals surface area contributed by atoms with Crippen LogP contribution in [-0.4, -0.2) is 46.3 Å². The number of carboxylic acid groups (broad SMARTS) is 1. The van der Waals surface area contributed by atoms with Crippen LogP contribution in [0.5, 0.6) is 0 Å². The highest BCUT2D eigenvalue weighted by molar-refractivity contribution is 5.76. The fourth-order valence-electron chi connectivity index (χ4n) is 1.88. The first kappa shape index (κ1) is 11.5. The van der Waals surface area contributed by atoms with Gasteiger partial charge in [0.1, 0.15) is 0 Å². The molecule has 4 nitrogen and oxygen atoms in total. The summed E-state index contributed by atoms with van der Waals surface area (Å²) in [4.78, 5) is 12.7. The van der Waals surface area contributed by atoms with E-state index in [1.54, 1.807) is 0 Å². The molecule has 0 saturated carbocycles. The van der Waals surface area contributed by atoms with Gasteiger partial charge in [0, 0.05) is 19.6 Å². The number of hydrogen-bond donors (Lipinski definition) is 2. The molecule has 0 bridgehead atoms. The van der Waals surface area contributed by atoms with Crippen molar-refractivity contribution in [2.24, 2.45) is 11.8 Å². The van der Waals surface area contributed by atoms with Gasteiger partial charge in [-0.05, 0) is 18.8 Å². The Balaban J connectivity index is 2.50. The highest BCUT2D eigenvalue weighted by Crippen LogP contribution is 2.23. The van der Waals surface area contributed by atoms with Crippen molar-refractivity contribution in [2.75, 3.05) is 19.6 Å². The van der Waals surface area contributed by atoms with Gasteiger partial charge in [0.25, 0.3) is 0 Å². The van der Waals surface area contributed by atoms with E-state index in [1.807, 2.05) is 4.90 Å². The van der Waals surface area contributed by atoms with Crippen LogP contribution in [0.1, 0.15) is 20.8 Å². The number of carboxylic acids is 1. The zero-order valence-electron chi connectivity index (χ0n) is 9.03. The van der Waals surface area contributed by atoms with Crippen molar-refractivity contribution in [3.8, 4) is 0 Å². The van der Waals surface area contributed by atoms with Gasteiger partial charge in [0.05, 0.1) is 0 Å². The minimum atomic E-state index is -1.62. The van der Waals surface area contributed by atoms with E-state index in [2.05, 4.69) is 13.8 Å². The molecule has 14 heavy (non-hydrogen) atoms. The summed E-state index contributed by atoms with van der Waals surface area (Å²) in [5.74, 6) is 0.0175. The average Bonchev–Trinajstić information content (AvgIpc) is 2.29. The number of β-amino-alcohol motifs (C(OH)–C–C–N with tert-alkyl or cyclic N) is 1. The molecule has 2 N–H and O–H groups in total. The van der Waals surface area contributed by atoms with Crippen LogP contribution in [0.15, 0.2) is 0 Å². The molecular weight excluding hydrogens is 182 g/mol. The molecule has 3 atom stereocenters. The molecule has 0 aromatic rings. The molecule has 1 saturated heterocycles. The van der Waals surface area contributed by atoms with Crippen molar-refractivity contribution in [2.45, 2.75) is 26.4 Å². The van der Waals surface area contributed by atoms with Gasteiger partial charge in [0.2, 0.25) is 0 Å². The highest BCUT2D eigenvalue weighted by atomic mass is 16.4. The maximum absolute atomic E-state index is 10.7. The Kier molecular flexibility index (Phi) is 3.17. The topological polar surface area (TPSA) is 60.8 Å². The predicted octanol–water partition coefficient (Wildman–Crippen LogP) is 0.410. The molecule has 1 heterocycles. The zero-order chi connectivity index (χ0) is 10.9. The Morgan fingerprint density at radius 1 is 1.43 bits per heavy atom. The maximum atomic E-state index is 10.7. The van der Waals surface area contributed by atoms with Crippen molar-refractivity contribution in [3.63, 3.8) is 0 Å². The molecular formula is C10H19NO3. The van der Waals surface area contributed by atoms with Crippen LogP contribution >= 0.6 is 0 Å². The summed E-state index contributed by atoms with van der Waals surface area (Å²) < 4.78 is 0. The zero-order valence-corrected chi connectivity index (χ0v) is 9.03. The molecule has 0 aromatic heterocycles. The first-order valence-electron chi connectivity index (χ1n) is 5.01. The van der Waals surface area contributed by atoms with Gasteiger partial charge >= 0.3 is 5.97 Å². The Morgan fingerprint density at radius 2 is 1.86 bits per heavy atom. The number of aliphatic hydroxyl groups is 1. The van der Waals surface area contributed by atoms with Crippen molar-refractivity contribution in [3.05, 3.63) is 0 Å². The van der Waals surface area contributed by atoms with Gasteiger partial charge in [-0.1, -0.05) is 13.8 Å². The highest BCUT2D eigenvalue weighted by Gasteiger charge is 2.36. The summed E-state index contributed by atoms with van der Waals surface area (Å²) in [6.07, 6.45) is 0. The van der Waals surface area contributed by atoms with Crippen LogP contribution in [-0.2, 0) is 4.79 Å². The van der Waals surface area contributed by atoms with Gasteiger partial charge in [-0.2, -0.15) is 0 Å². The lowest BCUT2D eigenvalue weighted by Gasteiger charge is -2.24. The monoisotopic (exact) mass is 201 g/mol. The molecule has 0 aliphatic carbocycles. The van der Waals surface area contributed by atoms with Crippen LogP contribution in [0.2, 0.25) is 0 Å². The Labute approximate surface area is 84.5 Å². The lowest BCUT2D eigenvalue weighted by atomic mass is 10.0. The largest absolute Gasteiger partial charge is 0.479 e. The SMILES string of the molecule is CC1CN(CC(C)(O)C(=O)O)CC1C. The molecule has 1 aliphatic rings. The third kappa shape index (κ3) is 2.45. The number of hydrogen-bond acceptors (Lipinski definition) is 3. The summed E-state index contributed by atoms with van der Waals surface area (Å²) in [6, 6.07) is 0. The smallest absolute Gasteiger partial charge is 0.336 e. The van der Waals surface area contributed by atoms with Gasteiger partial charge in [-0.25, -0.2) is 4.79 Å². The van der Waals surface area contributed by atoms with Crippen molar-refractivity contribution in [1.82, 2.24) is 4.90 Å². The van der Waals surface area contributed by atoms with Crippen molar-refractivity contribution < 1.29 is 15.0 Å². The molecule has 82 valence electrons. The fourth-order valence-corrected chi connectivity index (χ4v) is 1.88. The second-order valence-corrected chi connectivity index (χ2v) is 4.73. The van der Waals surface area contributed by atoms with Crippen molar-refractivity contribution >= 4 is 5.97 Å². The maximum Gasteiger partial charge on any atom is 0.336 e. The first-order valence-corrected chi connectivity index (χ1v) is 5.01. The van der Waals surface area contributed by atoms with Crippen molar-refractivity contribution in [1.29, 1.82) is 0 Å². The Hall–Kier alpha value is -0.610. The van der Waals surface area contributed by atoms with E-state index in [1.165, 1.54) is 6.92 Å². The Bertz CT molecular complexity index is 217. The molecule has 3 unspecified atom stereocenters. The molecule has 0 spiro atoms. The van der Waals surface area contributed by atoms with Gasteiger partial charge < -0.3 is 10.2 Å². The summed E-state index contributed by atoms with van der Waals surface area (Å²) in [5.41, 5.74) is -1.62. The molecule has 4 heteroatoms. The van der Waals surface area contributed by atoms with E-state index in [0.29, 0.717) is 11.8 Å². The third-order valence-electron chi connectivity index (χ3n) is 3.06. The van der Waals surface area contributed by atoms with Gasteiger partial charge in [0.15, 0.2) is 5.60 Å². The third-order valence-corrected chi connectivity index (χ3v) is 3.06. The second-order valence-electron chi connectivity index (χ2n) is 4.73. The van der Waals surface area contributed by atoms with E-state index in [4.69, 9.17) is 5.11 Å². The predicted molar refractivity (Wildman–Crippen MR) is 53.0 cm³/mol. The number of likely N-dealkylation sites (tertiary alicyclic amines) is 1. The summed E-state index contributed by atoms with van der Waals surface area (Å²) in [5, 5.41) is 18.3. The standard InChI is InChI=1S/C10H19NO3/c1-7-4-11(5-8(7)2)6-10(3,14)9(12)13/h7-8,14H,4-6H2,1-3H3,(H,12,13). The van der Waals surface area contributed by atoms with E-state index in [0.717, 1.165) is 13.1 Å². The quantitative estimate of drug-likeness (QED) is 0.694. The number of aliphatic carboxylic acids is 1. The summed E-state index contributed by atoms with van der Waals surface area (Å²) >= 11 is 0. The molecule has 0 aromatic carbocycles. The average molecular weight is 201 g/mol. The van der Waals surface area contributed by atoms with Gasteiger partial charge in [-0.15, -0.1) is 0 Å². The van der Waals surface area contributed by atoms with Crippen LogP contribution in [0.3, 0.4) is 0 Å². The molecule has 1 rings (SSSR count). The molecule has 0 radical (unpaired) electrons. The fraction of sp³-hybridized carbons (Fsp3) is 0.900. The molecule has 1 fully saturated rings. The normalized spacial score (nSPS) is 32.9. The number of rotatable bonds is 3. The molecule has 1 aliphatic heterocycles. The van der Waals surface area contributed by atoms with Crippen LogP contribution in [0, 0.1) is 11.8 Å². The minimum absolute atomic E-state index is 0.219. The summed E-state index contributed by atoms with van der Waals surface area (Å²) in [7, 11) is 0. The lowest BCUT2D eigenvalue weighted by molar-refractivity contribution is -0.158. The minimum Gasteiger partial charge on any atom is -0.479 e. The van der Waals surface area contributed by atoms with E-state index < -0.39 is 11.6 Å². The van der Waals surface area contributed by atoms with Crippen LogP contribution in [0.25, 0.3) is 0 Å². The van der Waals surface area contributed by atoms with Crippen LogP contribution < -0.4 is 0 Å². The lowest BCUT2D eigenvalue weighted by Crippen LogP contribution is -2.46. The number of carbonyl (C=O) groups is 1. The van der Waals surface area contributed by atoms with E-state index >= 15 is 0 Å². The second kappa shape index (κ2) is 3.87. The summed E-state index contributed by atoms with van der Waals surface area (Å²) in [6.45, 7) is 7.63. The van der Waals surface area contributed by atoms with E-state index in [-0.39, 0.29) is 6.54 Å². The number of nitrogens with zero attached hydrogens (tertiary/aromatic N) is 1. The van der Waals surface area contributed by atoms with Gasteiger partial charge in [-0.3, -0.25) is 4.90 Å². The van der Waals surface area contributed by atoms with Crippen LogP contribution in [0.4, 0.5) is 0 Å².